The lowest BCUT2D eigenvalue weighted by Gasteiger charge is -2.12. The molecule has 104 valence electrons. The Morgan fingerprint density at radius 2 is 1.94 bits per heavy atom. The van der Waals surface area contributed by atoms with Crippen LogP contribution in [0.1, 0.15) is 33.1 Å². The third kappa shape index (κ3) is 9.59. The number of ether oxygens (including phenoxy) is 1. The van der Waals surface area contributed by atoms with E-state index in [1.165, 1.54) is 0 Å². The molecule has 3 amide bonds. The maximum absolute atomic E-state index is 11.2. The average Bonchev–Trinajstić information content (AvgIpc) is 2.26. The van der Waals surface area contributed by atoms with Gasteiger partial charge in [0, 0.05) is 26.0 Å². The Balaban J connectivity index is 3.67. The van der Waals surface area contributed by atoms with Crippen LogP contribution in [0.2, 0.25) is 0 Å². The third-order valence-corrected chi connectivity index (χ3v) is 2.05. The van der Waals surface area contributed by atoms with E-state index in [0.717, 1.165) is 0 Å². The second kappa shape index (κ2) is 9.41. The molecule has 1 atom stereocenters. The summed E-state index contributed by atoms with van der Waals surface area (Å²) in [5.41, 5.74) is 0. The highest BCUT2D eigenvalue weighted by molar-refractivity contribution is 5.94. The van der Waals surface area contributed by atoms with Gasteiger partial charge in [0.2, 0.25) is 5.91 Å². The van der Waals surface area contributed by atoms with E-state index < -0.39 is 17.9 Å². The first-order valence-corrected chi connectivity index (χ1v) is 5.86. The standard InChI is InChI=1S/C11H20N2O5/c1-3-18-8(2)7-12-11(17)13-9(14)5-4-6-10(15)16/h8H,3-7H2,1-2H3,(H,15,16)(H2,12,13,14,17). The molecule has 0 saturated heterocycles. The van der Waals surface area contributed by atoms with Gasteiger partial charge in [0.25, 0.3) is 0 Å². The molecular formula is C11H20N2O5. The lowest BCUT2D eigenvalue weighted by atomic mass is 10.2. The summed E-state index contributed by atoms with van der Waals surface area (Å²) in [5, 5.41) is 13.0. The van der Waals surface area contributed by atoms with Gasteiger partial charge in [0.05, 0.1) is 6.10 Å². The molecule has 0 bridgehead atoms. The molecule has 0 aromatic rings. The van der Waals surface area contributed by atoms with E-state index in [2.05, 4.69) is 10.6 Å². The molecule has 0 spiro atoms. The summed E-state index contributed by atoms with van der Waals surface area (Å²) in [5.74, 6) is -1.45. The van der Waals surface area contributed by atoms with Crippen LogP contribution >= 0.6 is 0 Å². The maximum Gasteiger partial charge on any atom is 0.321 e. The van der Waals surface area contributed by atoms with Gasteiger partial charge in [-0.3, -0.25) is 14.9 Å². The minimum Gasteiger partial charge on any atom is -0.481 e. The number of rotatable bonds is 8. The number of imide groups is 1. The minimum atomic E-state index is -0.960. The zero-order valence-corrected chi connectivity index (χ0v) is 10.7. The van der Waals surface area contributed by atoms with Crippen molar-refractivity contribution in [1.29, 1.82) is 0 Å². The number of carbonyl (C=O) groups is 3. The van der Waals surface area contributed by atoms with Gasteiger partial charge in [0.1, 0.15) is 0 Å². The van der Waals surface area contributed by atoms with Crippen molar-refractivity contribution in [2.45, 2.75) is 39.2 Å². The molecular weight excluding hydrogens is 240 g/mol. The van der Waals surface area contributed by atoms with Crippen molar-refractivity contribution < 1.29 is 24.2 Å². The van der Waals surface area contributed by atoms with Crippen LogP contribution in [0.5, 0.6) is 0 Å². The summed E-state index contributed by atoms with van der Waals surface area (Å²) >= 11 is 0. The van der Waals surface area contributed by atoms with Crippen LogP contribution in [0.3, 0.4) is 0 Å². The van der Waals surface area contributed by atoms with Crippen molar-refractivity contribution in [2.24, 2.45) is 0 Å². The fourth-order valence-corrected chi connectivity index (χ4v) is 1.21. The zero-order valence-electron chi connectivity index (χ0n) is 10.7. The Labute approximate surface area is 106 Å². The van der Waals surface area contributed by atoms with Gasteiger partial charge in [-0.15, -0.1) is 0 Å². The number of hydrogen-bond acceptors (Lipinski definition) is 4. The summed E-state index contributed by atoms with van der Waals surface area (Å²) in [6, 6.07) is -0.595. The number of amides is 3. The number of carbonyl (C=O) groups excluding carboxylic acids is 2. The van der Waals surface area contributed by atoms with Gasteiger partial charge >= 0.3 is 12.0 Å². The molecule has 0 aliphatic carbocycles. The van der Waals surface area contributed by atoms with Crippen molar-refractivity contribution in [3.8, 4) is 0 Å². The highest BCUT2D eigenvalue weighted by atomic mass is 16.5. The van der Waals surface area contributed by atoms with Gasteiger partial charge in [-0.1, -0.05) is 0 Å². The van der Waals surface area contributed by atoms with Gasteiger partial charge in [-0.25, -0.2) is 4.79 Å². The van der Waals surface area contributed by atoms with Gasteiger partial charge in [-0.05, 0) is 20.3 Å². The summed E-state index contributed by atoms with van der Waals surface area (Å²) in [6.07, 6.45) is 0.0175. The summed E-state index contributed by atoms with van der Waals surface area (Å²) in [4.78, 5) is 32.7. The predicted octanol–water partition coefficient (Wildman–Crippen LogP) is 0.492. The van der Waals surface area contributed by atoms with Gasteiger partial charge in [-0.2, -0.15) is 0 Å². The van der Waals surface area contributed by atoms with E-state index in [-0.39, 0.29) is 25.4 Å². The zero-order chi connectivity index (χ0) is 14.0. The van der Waals surface area contributed by atoms with E-state index in [0.29, 0.717) is 13.2 Å². The maximum atomic E-state index is 11.2. The fourth-order valence-electron chi connectivity index (χ4n) is 1.21. The van der Waals surface area contributed by atoms with E-state index >= 15 is 0 Å². The molecule has 1 unspecified atom stereocenters. The van der Waals surface area contributed by atoms with Crippen molar-refractivity contribution >= 4 is 17.9 Å². The number of aliphatic carboxylic acids is 1. The lowest BCUT2D eigenvalue weighted by molar-refractivity contribution is -0.137. The second-order valence-electron chi connectivity index (χ2n) is 3.77. The molecule has 7 heteroatoms. The fraction of sp³-hybridized carbons (Fsp3) is 0.727. The molecule has 0 aromatic heterocycles. The Morgan fingerprint density at radius 1 is 1.28 bits per heavy atom. The Hall–Kier alpha value is -1.63. The molecule has 0 saturated carbocycles. The molecule has 0 aliphatic heterocycles. The van der Waals surface area contributed by atoms with Crippen LogP contribution in [0, 0.1) is 0 Å². The van der Waals surface area contributed by atoms with E-state index in [1.807, 2.05) is 6.92 Å². The molecule has 0 heterocycles. The Morgan fingerprint density at radius 3 is 2.50 bits per heavy atom. The largest absolute Gasteiger partial charge is 0.481 e. The van der Waals surface area contributed by atoms with Crippen molar-refractivity contribution in [3.63, 3.8) is 0 Å². The first-order chi connectivity index (χ1) is 8.45. The first-order valence-electron chi connectivity index (χ1n) is 5.86. The second-order valence-corrected chi connectivity index (χ2v) is 3.77. The highest BCUT2D eigenvalue weighted by Gasteiger charge is 2.09. The van der Waals surface area contributed by atoms with Crippen molar-refractivity contribution in [3.05, 3.63) is 0 Å². The smallest absolute Gasteiger partial charge is 0.321 e. The first kappa shape index (κ1) is 16.4. The molecule has 18 heavy (non-hydrogen) atoms. The average molecular weight is 260 g/mol. The monoisotopic (exact) mass is 260 g/mol. The van der Waals surface area contributed by atoms with Crippen LogP contribution < -0.4 is 10.6 Å². The molecule has 7 nitrogen and oxygen atoms in total. The van der Waals surface area contributed by atoms with Crippen LogP contribution in [0.4, 0.5) is 4.79 Å². The van der Waals surface area contributed by atoms with Crippen LogP contribution in [-0.4, -0.2) is 42.3 Å². The molecule has 0 aromatic carbocycles. The Bertz CT molecular complexity index is 293. The number of carboxylic acids is 1. The van der Waals surface area contributed by atoms with Crippen LogP contribution in [-0.2, 0) is 14.3 Å². The molecule has 0 rings (SSSR count). The number of hydrogen-bond donors (Lipinski definition) is 3. The highest BCUT2D eigenvalue weighted by Crippen LogP contribution is 1.94. The van der Waals surface area contributed by atoms with Crippen LogP contribution in [0.25, 0.3) is 0 Å². The minimum absolute atomic E-state index is 0.0146. The topological polar surface area (TPSA) is 105 Å². The summed E-state index contributed by atoms with van der Waals surface area (Å²) in [6.45, 7) is 4.52. The SMILES string of the molecule is CCOC(C)CNC(=O)NC(=O)CCCC(=O)O. The van der Waals surface area contributed by atoms with Crippen molar-refractivity contribution in [1.82, 2.24) is 10.6 Å². The summed E-state index contributed by atoms with van der Waals surface area (Å²) in [7, 11) is 0. The predicted molar refractivity (Wildman–Crippen MR) is 64.1 cm³/mol. The number of urea groups is 1. The summed E-state index contributed by atoms with van der Waals surface area (Å²) < 4.78 is 5.20. The van der Waals surface area contributed by atoms with Crippen LogP contribution in [0.15, 0.2) is 0 Å². The van der Waals surface area contributed by atoms with E-state index in [9.17, 15) is 14.4 Å². The van der Waals surface area contributed by atoms with Gasteiger partial charge < -0.3 is 15.2 Å². The number of nitrogens with one attached hydrogen (secondary N) is 2. The number of carboxylic acid groups (broad SMARTS) is 1. The quantitative estimate of drug-likeness (QED) is 0.589. The normalized spacial score (nSPS) is 11.7. The molecule has 0 fully saturated rings. The molecule has 0 aliphatic rings. The van der Waals surface area contributed by atoms with E-state index in [4.69, 9.17) is 9.84 Å². The van der Waals surface area contributed by atoms with Crippen molar-refractivity contribution in [2.75, 3.05) is 13.2 Å². The van der Waals surface area contributed by atoms with Gasteiger partial charge in [0.15, 0.2) is 0 Å². The Kier molecular flexibility index (Phi) is 8.55. The van der Waals surface area contributed by atoms with E-state index in [1.54, 1.807) is 6.92 Å². The molecule has 0 radical (unpaired) electrons. The third-order valence-electron chi connectivity index (χ3n) is 2.05. The lowest BCUT2D eigenvalue weighted by Crippen LogP contribution is -2.42. The molecule has 3 N–H and O–H groups in total.